The summed E-state index contributed by atoms with van der Waals surface area (Å²) in [7, 11) is 0. The second-order valence-electron chi connectivity index (χ2n) is 2.30. The van der Waals surface area contributed by atoms with Gasteiger partial charge in [0.25, 0.3) is 5.56 Å². The highest BCUT2D eigenvalue weighted by molar-refractivity contribution is 7.99. The Kier molecular flexibility index (Phi) is 3.16. The molecule has 1 aromatic heterocycles. The van der Waals surface area contributed by atoms with Crippen LogP contribution in [0.3, 0.4) is 0 Å². The first kappa shape index (κ1) is 9.12. The molecule has 0 aromatic carbocycles. The van der Waals surface area contributed by atoms with E-state index in [0.29, 0.717) is 5.03 Å². The molecule has 1 heterocycles. The Morgan fingerprint density at radius 1 is 1.42 bits per heavy atom. The lowest BCUT2D eigenvalue weighted by Gasteiger charge is -1.96. The van der Waals surface area contributed by atoms with Gasteiger partial charge in [-0.15, -0.1) is 11.8 Å². The molecule has 0 unspecified atom stereocenters. The average molecular weight is 186 g/mol. The molecule has 0 bridgehead atoms. The Bertz CT molecular complexity index is 327. The number of thioether (sulfide) groups is 1. The summed E-state index contributed by atoms with van der Waals surface area (Å²) in [6, 6.07) is 1.39. The number of aromatic nitrogens is 2. The Morgan fingerprint density at radius 3 is 2.75 bits per heavy atom. The fraction of sp³-hybridized carbons (Fsp3) is 0.429. The Labute approximate surface area is 73.4 Å². The van der Waals surface area contributed by atoms with Crippen LogP contribution in [0.2, 0.25) is 0 Å². The molecule has 0 radical (unpaired) electrons. The summed E-state index contributed by atoms with van der Waals surface area (Å²) in [6.07, 6.45) is 1.01. The molecule has 0 spiro atoms. The third-order valence-electron chi connectivity index (χ3n) is 1.20. The van der Waals surface area contributed by atoms with Gasteiger partial charge in [0.05, 0.1) is 5.03 Å². The van der Waals surface area contributed by atoms with Crippen molar-refractivity contribution >= 4 is 11.8 Å². The molecule has 66 valence electrons. The highest BCUT2D eigenvalue weighted by atomic mass is 32.2. The average Bonchev–Trinajstić information content (AvgIpc) is 1.99. The number of rotatable bonds is 3. The van der Waals surface area contributed by atoms with E-state index >= 15 is 0 Å². The van der Waals surface area contributed by atoms with Gasteiger partial charge in [-0.3, -0.25) is 9.78 Å². The minimum atomic E-state index is -0.443. The van der Waals surface area contributed by atoms with E-state index in [1.54, 1.807) is 0 Å². The van der Waals surface area contributed by atoms with Crippen molar-refractivity contribution in [2.24, 2.45) is 0 Å². The summed E-state index contributed by atoms with van der Waals surface area (Å²) in [4.78, 5) is 26.2. The molecule has 5 heteroatoms. The zero-order valence-electron chi connectivity index (χ0n) is 6.72. The maximum atomic E-state index is 10.8. The van der Waals surface area contributed by atoms with Crippen molar-refractivity contribution in [3.63, 3.8) is 0 Å². The van der Waals surface area contributed by atoms with Crippen LogP contribution in [-0.4, -0.2) is 15.7 Å². The van der Waals surface area contributed by atoms with Gasteiger partial charge in [-0.05, 0) is 12.2 Å². The standard InChI is InChI=1S/C7H10N2O2S/c1-2-3-12-6-4-5(10)8-7(11)9-6/h4H,2-3H2,1H3,(H2,8,9,10,11). The predicted molar refractivity (Wildman–Crippen MR) is 48.7 cm³/mol. The minimum absolute atomic E-state index is 0.350. The molecule has 0 atom stereocenters. The molecule has 0 aliphatic carbocycles. The summed E-state index contributed by atoms with van der Waals surface area (Å²) in [6.45, 7) is 2.04. The van der Waals surface area contributed by atoms with E-state index in [0.717, 1.165) is 12.2 Å². The molecular formula is C7H10N2O2S. The lowest BCUT2D eigenvalue weighted by molar-refractivity contribution is 0.947. The fourth-order valence-corrected chi connectivity index (χ4v) is 1.52. The van der Waals surface area contributed by atoms with E-state index in [1.807, 2.05) is 6.92 Å². The molecule has 0 aliphatic heterocycles. The summed E-state index contributed by atoms with van der Waals surface area (Å²) in [5.41, 5.74) is -0.793. The number of nitrogens with one attached hydrogen (secondary N) is 2. The lowest BCUT2D eigenvalue weighted by Crippen LogP contribution is -2.21. The van der Waals surface area contributed by atoms with Gasteiger partial charge in [0.15, 0.2) is 0 Å². The molecule has 0 amide bonds. The first-order valence-electron chi connectivity index (χ1n) is 3.69. The minimum Gasteiger partial charge on any atom is -0.302 e. The van der Waals surface area contributed by atoms with Crippen LogP contribution in [0.15, 0.2) is 20.7 Å². The van der Waals surface area contributed by atoms with E-state index in [9.17, 15) is 9.59 Å². The van der Waals surface area contributed by atoms with Crippen LogP contribution in [-0.2, 0) is 0 Å². The molecule has 0 saturated carbocycles. The first-order valence-corrected chi connectivity index (χ1v) is 4.67. The van der Waals surface area contributed by atoms with Gasteiger partial charge in [0.1, 0.15) is 0 Å². The van der Waals surface area contributed by atoms with Crippen molar-refractivity contribution in [3.8, 4) is 0 Å². The van der Waals surface area contributed by atoms with Gasteiger partial charge in [-0.2, -0.15) is 0 Å². The van der Waals surface area contributed by atoms with E-state index in [4.69, 9.17) is 0 Å². The Balaban J connectivity index is 2.86. The SMILES string of the molecule is CCCSc1cc(=O)[nH]c(=O)[nH]1. The zero-order valence-corrected chi connectivity index (χ0v) is 7.53. The number of aromatic amines is 2. The van der Waals surface area contributed by atoms with Crippen LogP contribution in [0.4, 0.5) is 0 Å². The van der Waals surface area contributed by atoms with Crippen LogP contribution in [0, 0.1) is 0 Å². The van der Waals surface area contributed by atoms with Crippen LogP contribution < -0.4 is 11.2 Å². The van der Waals surface area contributed by atoms with Crippen molar-refractivity contribution in [1.82, 2.24) is 9.97 Å². The summed E-state index contributed by atoms with van der Waals surface area (Å²) < 4.78 is 0. The van der Waals surface area contributed by atoms with Crippen molar-refractivity contribution in [3.05, 3.63) is 26.9 Å². The first-order chi connectivity index (χ1) is 5.72. The number of hydrogen-bond acceptors (Lipinski definition) is 3. The van der Waals surface area contributed by atoms with Crippen molar-refractivity contribution in [2.75, 3.05) is 5.75 Å². The summed E-state index contributed by atoms with van der Waals surface area (Å²) in [5.74, 6) is 0.902. The van der Waals surface area contributed by atoms with Crippen LogP contribution >= 0.6 is 11.8 Å². The van der Waals surface area contributed by atoms with Gasteiger partial charge in [-0.25, -0.2) is 4.79 Å². The molecule has 12 heavy (non-hydrogen) atoms. The second-order valence-corrected chi connectivity index (χ2v) is 3.44. The molecule has 1 rings (SSSR count). The number of H-pyrrole nitrogens is 2. The Morgan fingerprint density at radius 2 is 2.17 bits per heavy atom. The molecule has 4 nitrogen and oxygen atoms in total. The maximum absolute atomic E-state index is 10.8. The predicted octanol–water partition coefficient (Wildman–Crippen LogP) is 0.565. The highest BCUT2D eigenvalue weighted by Gasteiger charge is 1.95. The van der Waals surface area contributed by atoms with Crippen molar-refractivity contribution < 1.29 is 0 Å². The smallest absolute Gasteiger partial charge is 0.302 e. The zero-order chi connectivity index (χ0) is 8.97. The molecule has 2 N–H and O–H groups in total. The van der Waals surface area contributed by atoms with Gasteiger partial charge in [0, 0.05) is 6.07 Å². The third kappa shape index (κ3) is 2.58. The lowest BCUT2D eigenvalue weighted by atomic mass is 10.6. The van der Waals surface area contributed by atoms with Gasteiger partial charge in [-0.1, -0.05) is 6.92 Å². The monoisotopic (exact) mass is 186 g/mol. The van der Waals surface area contributed by atoms with E-state index in [1.165, 1.54) is 17.8 Å². The third-order valence-corrected chi connectivity index (χ3v) is 2.34. The van der Waals surface area contributed by atoms with Gasteiger partial charge >= 0.3 is 5.69 Å². The van der Waals surface area contributed by atoms with Crippen LogP contribution in [0.5, 0.6) is 0 Å². The van der Waals surface area contributed by atoms with Gasteiger partial charge < -0.3 is 4.98 Å². The van der Waals surface area contributed by atoms with Crippen molar-refractivity contribution in [1.29, 1.82) is 0 Å². The maximum Gasteiger partial charge on any atom is 0.326 e. The molecule has 1 aromatic rings. The van der Waals surface area contributed by atoms with E-state index < -0.39 is 5.69 Å². The molecule has 0 aliphatic rings. The van der Waals surface area contributed by atoms with Crippen molar-refractivity contribution in [2.45, 2.75) is 18.4 Å². The molecule has 0 fully saturated rings. The summed E-state index contributed by atoms with van der Waals surface area (Å²) >= 11 is 1.47. The normalized spacial score (nSPS) is 10.1. The highest BCUT2D eigenvalue weighted by Crippen LogP contribution is 2.11. The van der Waals surface area contributed by atoms with Crippen LogP contribution in [0.25, 0.3) is 0 Å². The Hall–Kier alpha value is -0.970. The fourth-order valence-electron chi connectivity index (χ4n) is 0.736. The van der Waals surface area contributed by atoms with Crippen LogP contribution in [0.1, 0.15) is 13.3 Å². The molecule has 0 saturated heterocycles. The van der Waals surface area contributed by atoms with E-state index in [2.05, 4.69) is 9.97 Å². The van der Waals surface area contributed by atoms with E-state index in [-0.39, 0.29) is 5.56 Å². The summed E-state index contributed by atoms with van der Waals surface area (Å²) in [5, 5.41) is 0.630. The molecular weight excluding hydrogens is 176 g/mol. The second kappa shape index (κ2) is 4.15. The number of hydrogen-bond donors (Lipinski definition) is 2. The topological polar surface area (TPSA) is 65.7 Å². The largest absolute Gasteiger partial charge is 0.326 e. The quantitative estimate of drug-likeness (QED) is 0.535. The van der Waals surface area contributed by atoms with Gasteiger partial charge in [0.2, 0.25) is 0 Å².